The number of carbonyl (C=O) groups is 2. The Morgan fingerprint density at radius 3 is 1.65 bits per heavy atom. The molecule has 8 aliphatic carbocycles. The van der Waals surface area contributed by atoms with Crippen molar-refractivity contribution >= 4 is 11.9 Å². The SMILES string of the molecule is C[C@H](CCC(=O)O)[C@H]1CC[C@H]2[C@@H]3[C@@H](O)CC4C[C@@H](OC(=O)C[C@@H](C)[C@H]5CCC6C7C(CC[C@@]65C)[C@@]5(C)CC[C@H](O)CC5C[C@@H]7O)CC[C@]4(C)[C@H]3CC[C@]12C. The third kappa shape index (κ3) is 6.27. The van der Waals surface area contributed by atoms with E-state index in [4.69, 9.17) is 4.74 Å². The van der Waals surface area contributed by atoms with Gasteiger partial charge in [0, 0.05) is 12.8 Å². The van der Waals surface area contributed by atoms with E-state index in [0.717, 1.165) is 96.3 Å². The van der Waals surface area contributed by atoms with Crippen LogP contribution in [-0.2, 0) is 14.3 Å². The molecule has 7 heteroatoms. The smallest absolute Gasteiger partial charge is 0.306 e. The van der Waals surface area contributed by atoms with Crippen molar-refractivity contribution in [1.82, 2.24) is 0 Å². The lowest BCUT2D eigenvalue weighted by atomic mass is 9.43. The van der Waals surface area contributed by atoms with Crippen LogP contribution in [0.3, 0.4) is 0 Å². The number of hydrogen-bond donors (Lipinski definition) is 4. The van der Waals surface area contributed by atoms with Crippen LogP contribution in [0.1, 0.15) is 164 Å². The van der Waals surface area contributed by atoms with Crippen molar-refractivity contribution in [2.24, 2.45) is 92.7 Å². The zero-order valence-electron chi connectivity index (χ0n) is 34.7. The van der Waals surface area contributed by atoms with E-state index < -0.39 is 5.97 Å². The summed E-state index contributed by atoms with van der Waals surface area (Å²) in [5.41, 5.74) is 0.717. The highest BCUT2D eigenvalue weighted by Gasteiger charge is 2.65. The van der Waals surface area contributed by atoms with Crippen molar-refractivity contribution in [2.75, 3.05) is 0 Å². The highest BCUT2D eigenvalue weighted by Crippen LogP contribution is 2.70. The van der Waals surface area contributed by atoms with Crippen LogP contribution in [0, 0.1) is 92.7 Å². The largest absolute Gasteiger partial charge is 0.481 e. The first-order valence-corrected chi connectivity index (χ1v) is 22.9. The summed E-state index contributed by atoms with van der Waals surface area (Å²) < 4.78 is 6.38. The van der Waals surface area contributed by atoms with Crippen molar-refractivity contribution in [2.45, 2.75) is 188 Å². The Bertz CT molecular complexity index is 1420. The predicted octanol–water partition coefficient (Wildman–Crippen LogP) is 9.05. The maximum atomic E-state index is 13.7. The second-order valence-corrected chi connectivity index (χ2v) is 22.5. The van der Waals surface area contributed by atoms with E-state index in [0.29, 0.717) is 71.5 Å². The first-order chi connectivity index (χ1) is 25.5. The van der Waals surface area contributed by atoms with Gasteiger partial charge in [-0.3, -0.25) is 9.59 Å². The maximum Gasteiger partial charge on any atom is 0.306 e. The molecule has 8 aliphatic rings. The Morgan fingerprint density at radius 1 is 0.611 bits per heavy atom. The molecule has 7 nitrogen and oxygen atoms in total. The van der Waals surface area contributed by atoms with Crippen LogP contribution in [0.25, 0.3) is 0 Å². The van der Waals surface area contributed by atoms with Crippen molar-refractivity contribution in [1.29, 1.82) is 0 Å². The molecule has 0 amide bonds. The van der Waals surface area contributed by atoms with Gasteiger partial charge in [0.25, 0.3) is 0 Å². The van der Waals surface area contributed by atoms with Gasteiger partial charge < -0.3 is 25.2 Å². The summed E-state index contributed by atoms with van der Waals surface area (Å²) in [5.74, 6) is 4.42. The normalized spacial score (nSPS) is 53.4. The molecule has 0 spiro atoms. The Labute approximate surface area is 326 Å². The summed E-state index contributed by atoms with van der Waals surface area (Å²) in [4.78, 5) is 25.1. The molecule has 5 unspecified atom stereocenters. The summed E-state index contributed by atoms with van der Waals surface area (Å²) >= 11 is 0. The number of rotatable bonds is 8. The zero-order valence-corrected chi connectivity index (χ0v) is 34.7. The molecule has 306 valence electrons. The number of esters is 1. The van der Waals surface area contributed by atoms with Gasteiger partial charge in [-0.2, -0.15) is 0 Å². The first kappa shape index (κ1) is 39.6. The van der Waals surface area contributed by atoms with E-state index in [9.17, 15) is 30.0 Å². The number of carboxylic acids is 1. The fourth-order valence-corrected chi connectivity index (χ4v) is 17.6. The highest BCUT2D eigenvalue weighted by molar-refractivity contribution is 5.70. The van der Waals surface area contributed by atoms with Gasteiger partial charge in [-0.15, -0.1) is 0 Å². The number of carbonyl (C=O) groups excluding carboxylic acids is 1. The molecule has 0 saturated heterocycles. The minimum Gasteiger partial charge on any atom is -0.481 e. The van der Waals surface area contributed by atoms with Crippen molar-refractivity contribution in [3.8, 4) is 0 Å². The molecule has 0 bridgehead atoms. The fraction of sp³-hybridized carbons (Fsp3) is 0.957. The first-order valence-electron chi connectivity index (χ1n) is 22.9. The Morgan fingerprint density at radius 2 is 1.09 bits per heavy atom. The van der Waals surface area contributed by atoms with E-state index in [1.807, 2.05) is 0 Å². The van der Waals surface area contributed by atoms with Gasteiger partial charge in [0.15, 0.2) is 0 Å². The lowest BCUT2D eigenvalue weighted by Gasteiger charge is -2.62. The van der Waals surface area contributed by atoms with Crippen LogP contribution in [0.4, 0.5) is 0 Å². The molecule has 8 rings (SSSR count). The monoisotopic (exact) mass is 753 g/mol. The summed E-state index contributed by atoms with van der Waals surface area (Å²) in [6.07, 6.45) is 17.2. The lowest BCUT2D eigenvalue weighted by molar-refractivity contribution is -0.184. The predicted molar refractivity (Wildman–Crippen MR) is 209 cm³/mol. The van der Waals surface area contributed by atoms with E-state index in [1.165, 1.54) is 12.8 Å². The molecular weight excluding hydrogens is 677 g/mol. The molecular formula is C47H76O7. The van der Waals surface area contributed by atoms with Gasteiger partial charge in [0.1, 0.15) is 6.10 Å². The van der Waals surface area contributed by atoms with Crippen LogP contribution < -0.4 is 0 Å². The molecule has 8 saturated carbocycles. The molecule has 4 N–H and O–H groups in total. The molecule has 0 heterocycles. The summed E-state index contributed by atoms with van der Waals surface area (Å²) in [5, 5.41) is 43.4. The average Bonchev–Trinajstić information content (AvgIpc) is 3.65. The number of aliphatic hydroxyl groups excluding tert-OH is 3. The number of ether oxygens (including phenoxy) is 1. The van der Waals surface area contributed by atoms with Gasteiger partial charge >= 0.3 is 11.9 Å². The van der Waals surface area contributed by atoms with Crippen LogP contribution >= 0.6 is 0 Å². The quantitative estimate of drug-likeness (QED) is 0.183. The number of aliphatic hydroxyl groups is 3. The average molecular weight is 753 g/mol. The van der Waals surface area contributed by atoms with Crippen LogP contribution in [0.5, 0.6) is 0 Å². The summed E-state index contributed by atoms with van der Waals surface area (Å²) in [6, 6.07) is 0. The van der Waals surface area contributed by atoms with E-state index in [2.05, 4.69) is 41.5 Å². The number of fused-ring (bicyclic) bond motifs is 10. The third-order valence-corrected chi connectivity index (χ3v) is 20.4. The Balaban J connectivity index is 0.873. The summed E-state index contributed by atoms with van der Waals surface area (Å²) in [7, 11) is 0. The van der Waals surface area contributed by atoms with E-state index in [-0.39, 0.29) is 64.4 Å². The molecule has 20 atom stereocenters. The molecule has 54 heavy (non-hydrogen) atoms. The highest BCUT2D eigenvalue weighted by atomic mass is 16.5. The molecule has 0 aromatic carbocycles. The number of aliphatic carboxylic acids is 1. The Kier molecular flexibility index (Phi) is 10.5. The second-order valence-electron chi connectivity index (χ2n) is 22.5. The number of carboxylic acid groups (broad SMARTS) is 1. The van der Waals surface area contributed by atoms with Crippen molar-refractivity contribution in [3.63, 3.8) is 0 Å². The minimum absolute atomic E-state index is 0.0395. The van der Waals surface area contributed by atoms with Crippen molar-refractivity contribution < 1.29 is 34.8 Å². The molecule has 0 radical (unpaired) electrons. The maximum absolute atomic E-state index is 13.7. The Hall–Kier alpha value is -1.18. The van der Waals surface area contributed by atoms with Gasteiger partial charge in [0.2, 0.25) is 0 Å². The zero-order chi connectivity index (χ0) is 38.5. The fourth-order valence-electron chi connectivity index (χ4n) is 17.6. The topological polar surface area (TPSA) is 124 Å². The summed E-state index contributed by atoms with van der Waals surface area (Å²) in [6.45, 7) is 14.5. The molecule has 0 aliphatic heterocycles. The lowest BCUT2D eigenvalue weighted by Crippen LogP contribution is -2.59. The van der Waals surface area contributed by atoms with E-state index in [1.54, 1.807) is 0 Å². The minimum atomic E-state index is -0.697. The van der Waals surface area contributed by atoms with E-state index >= 15 is 0 Å². The third-order valence-electron chi connectivity index (χ3n) is 20.4. The van der Waals surface area contributed by atoms with Crippen LogP contribution in [0.15, 0.2) is 0 Å². The molecule has 0 aromatic rings. The molecule has 8 fully saturated rings. The number of hydrogen-bond acceptors (Lipinski definition) is 6. The van der Waals surface area contributed by atoms with Crippen LogP contribution in [0.2, 0.25) is 0 Å². The van der Waals surface area contributed by atoms with Gasteiger partial charge in [-0.25, -0.2) is 0 Å². The van der Waals surface area contributed by atoms with Crippen LogP contribution in [-0.4, -0.2) is 56.8 Å². The van der Waals surface area contributed by atoms with Crippen molar-refractivity contribution in [3.05, 3.63) is 0 Å². The standard InChI is InChI=1S/C47H76O7/c1-26(7-12-40(51)52)32-8-10-34-42-37(15-19-46(32,34)5)45(4)18-14-31(23-29(45)25-39(42)50)54-41(53)21-27(2)33-9-11-35-43-36(16-20-47(33,35)6)44(3)17-13-30(48)22-28(44)24-38(43)49/h26-39,42-43,48-50H,7-25H2,1-6H3,(H,51,52)/t26-,27-,28?,29?,30+,31+,32-,33-,34+,35?,36?,37+,38+,39+,42+,43?,44+,45+,46-,47-/m1/s1. The van der Waals surface area contributed by atoms with Gasteiger partial charge in [0.05, 0.1) is 18.3 Å². The molecule has 0 aromatic heterocycles. The second kappa shape index (κ2) is 14.3. The van der Waals surface area contributed by atoms with Gasteiger partial charge in [-0.1, -0.05) is 41.5 Å². The van der Waals surface area contributed by atoms with Gasteiger partial charge in [-0.05, 0) is 202 Å².